The molecule has 3 aromatic rings. The number of nitrogens with zero attached hydrogens (tertiary/aromatic N) is 2. The molecule has 0 spiro atoms. The molecule has 0 bridgehead atoms. The van der Waals surface area contributed by atoms with Gasteiger partial charge in [0.15, 0.2) is 0 Å². The van der Waals surface area contributed by atoms with Gasteiger partial charge in [0.25, 0.3) is 5.91 Å². The zero-order chi connectivity index (χ0) is 20.4. The van der Waals surface area contributed by atoms with E-state index in [9.17, 15) is 14.0 Å². The van der Waals surface area contributed by atoms with Gasteiger partial charge >= 0.3 is 6.03 Å². The molecule has 0 fully saturated rings. The van der Waals surface area contributed by atoms with Gasteiger partial charge in [0.05, 0.1) is 6.54 Å². The standard InChI is InChI=1S/C21H19FN4O3/c1-13-8-19(25-29-13)10-23-20(27)14-3-6-18(7-4-14)24-21(28)26-11-15-2-5-17(22)9-16(15)12-26/h2-9H,10-12H2,1H3,(H,23,27)(H,24,28). The number of urea groups is 1. The van der Waals surface area contributed by atoms with Gasteiger partial charge in [0.1, 0.15) is 17.3 Å². The van der Waals surface area contributed by atoms with Crippen molar-refractivity contribution in [1.29, 1.82) is 0 Å². The summed E-state index contributed by atoms with van der Waals surface area (Å²) in [6, 6.07) is 12.6. The van der Waals surface area contributed by atoms with Gasteiger partial charge in [-0.3, -0.25) is 4.79 Å². The fraction of sp³-hybridized carbons (Fsp3) is 0.190. The molecule has 0 atom stereocenters. The molecule has 29 heavy (non-hydrogen) atoms. The average Bonchev–Trinajstić information content (AvgIpc) is 3.32. The lowest BCUT2D eigenvalue weighted by Gasteiger charge is -2.16. The molecule has 0 saturated carbocycles. The second-order valence-electron chi connectivity index (χ2n) is 6.89. The number of amides is 3. The van der Waals surface area contributed by atoms with E-state index in [0.717, 1.165) is 11.1 Å². The molecule has 3 amide bonds. The summed E-state index contributed by atoms with van der Waals surface area (Å²) in [4.78, 5) is 26.3. The van der Waals surface area contributed by atoms with E-state index in [1.54, 1.807) is 48.2 Å². The van der Waals surface area contributed by atoms with E-state index in [1.165, 1.54) is 12.1 Å². The van der Waals surface area contributed by atoms with Gasteiger partial charge in [-0.25, -0.2) is 9.18 Å². The minimum atomic E-state index is -0.307. The maximum atomic E-state index is 13.3. The van der Waals surface area contributed by atoms with Gasteiger partial charge in [0, 0.05) is 30.4 Å². The van der Waals surface area contributed by atoms with Crippen LogP contribution in [-0.2, 0) is 19.6 Å². The molecule has 1 aliphatic heterocycles. The number of hydrogen-bond donors (Lipinski definition) is 2. The number of hydrogen-bond acceptors (Lipinski definition) is 4. The van der Waals surface area contributed by atoms with Crippen molar-refractivity contribution in [1.82, 2.24) is 15.4 Å². The van der Waals surface area contributed by atoms with E-state index >= 15 is 0 Å². The topological polar surface area (TPSA) is 87.5 Å². The third-order valence-electron chi connectivity index (χ3n) is 4.68. The van der Waals surface area contributed by atoms with Gasteiger partial charge in [-0.2, -0.15) is 0 Å². The minimum absolute atomic E-state index is 0.249. The summed E-state index contributed by atoms with van der Waals surface area (Å²) in [7, 11) is 0. The Morgan fingerprint density at radius 1 is 1.10 bits per heavy atom. The largest absolute Gasteiger partial charge is 0.361 e. The van der Waals surface area contributed by atoms with Gasteiger partial charge in [-0.1, -0.05) is 11.2 Å². The number of rotatable bonds is 4. The van der Waals surface area contributed by atoms with Crippen molar-refractivity contribution >= 4 is 17.6 Å². The first-order valence-electron chi connectivity index (χ1n) is 9.11. The van der Waals surface area contributed by atoms with Crippen LogP contribution in [0.25, 0.3) is 0 Å². The molecule has 1 aliphatic rings. The predicted molar refractivity (Wildman–Crippen MR) is 104 cm³/mol. The Hall–Kier alpha value is -3.68. The summed E-state index contributed by atoms with van der Waals surface area (Å²) in [5.74, 6) is 0.125. The van der Waals surface area contributed by atoms with Crippen LogP contribution in [0.2, 0.25) is 0 Å². The van der Waals surface area contributed by atoms with Crippen LogP contribution in [-0.4, -0.2) is 22.0 Å². The Morgan fingerprint density at radius 2 is 1.86 bits per heavy atom. The summed E-state index contributed by atoms with van der Waals surface area (Å²) >= 11 is 0. The number of aromatic nitrogens is 1. The maximum Gasteiger partial charge on any atom is 0.322 e. The molecule has 4 rings (SSSR count). The summed E-state index contributed by atoms with van der Waals surface area (Å²) in [6.07, 6.45) is 0. The van der Waals surface area contributed by atoms with Crippen molar-refractivity contribution < 1.29 is 18.5 Å². The summed E-state index contributed by atoms with van der Waals surface area (Å²) < 4.78 is 18.3. The Labute approximate surface area is 166 Å². The zero-order valence-corrected chi connectivity index (χ0v) is 15.7. The minimum Gasteiger partial charge on any atom is -0.361 e. The Bertz CT molecular complexity index is 1060. The van der Waals surface area contributed by atoms with Crippen molar-refractivity contribution in [3.63, 3.8) is 0 Å². The first-order valence-corrected chi connectivity index (χ1v) is 9.11. The van der Waals surface area contributed by atoms with Crippen LogP contribution in [0.4, 0.5) is 14.9 Å². The lowest BCUT2D eigenvalue weighted by molar-refractivity contribution is 0.0950. The first-order chi connectivity index (χ1) is 14.0. The smallest absolute Gasteiger partial charge is 0.322 e. The summed E-state index contributed by atoms with van der Waals surface area (Å²) in [5.41, 5.74) is 3.43. The molecule has 148 valence electrons. The first kappa shape index (κ1) is 18.7. The van der Waals surface area contributed by atoms with Crippen LogP contribution < -0.4 is 10.6 Å². The Kier molecular flexibility index (Phi) is 4.99. The van der Waals surface area contributed by atoms with E-state index in [-0.39, 0.29) is 24.3 Å². The van der Waals surface area contributed by atoms with Crippen LogP contribution >= 0.6 is 0 Å². The highest BCUT2D eigenvalue weighted by molar-refractivity contribution is 5.95. The second kappa shape index (κ2) is 7.75. The number of carbonyl (C=O) groups is 2. The van der Waals surface area contributed by atoms with E-state index in [2.05, 4.69) is 15.8 Å². The Balaban J connectivity index is 1.32. The molecular formula is C21H19FN4O3. The quantitative estimate of drug-likeness (QED) is 0.708. The summed E-state index contributed by atoms with van der Waals surface area (Å²) in [6.45, 7) is 2.85. The molecule has 8 heteroatoms. The number of nitrogens with one attached hydrogen (secondary N) is 2. The van der Waals surface area contributed by atoms with Gasteiger partial charge in [-0.15, -0.1) is 0 Å². The zero-order valence-electron chi connectivity index (χ0n) is 15.7. The SMILES string of the molecule is Cc1cc(CNC(=O)c2ccc(NC(=O)N3Cc4ccc(F)cc4C3)cc2)no1. The van der Waals surface area contributed by atoms with Crippen molar-refractivity contribution in [2.75, 3.05) is 5.32 Å². The van der Waals surface area contributed by atoms with E-state index in [1.807, 2.05) is 0 Å². The summed E-state index contributed by atoms with van der Waals surface area (Å²) in [5, 5.41) is 9.38. The Morgan fingerprint density at radius 3 is 2.59 bits per heavy atom. The highest BCUT2D eigenvalue weighted by Gasteiger charge is 2.23. The molecule has 2 heterocycles. The third kappa shape index (κ3) is 4.26. The highest BCUT2D eigenvalue weighted by Crippen LogP contribution is 2.24. The van der Waals surface area contributed by atoms with Crippen LogP contribution in [0.1, 0.15) is 32.9 Å². The van der Waals surface area contributed by atoms with Crippen molar-refractivity contribution in [2.24, 2.45) is 0 Å². The average molecular weight is 394 g/mol. The van der Waals surface area contributed by atoms with Gasteiger partial charge < -0.3 is 20.1 Å². The van der Waals surface area contributed by atoms with E-state index in [4.69, 9.17) is 4.52 Å². The molecule has 0 radical (unpaired) electrons. The molecule has 7 nitrogen and oxygen atoms in total. The number of halogens is 1. The lowest BCUT2D eigenvalue weighted by atomic mass is 10.1. The molecular weight excluding hydrogens is 375 g/mol. The third-order valence-corrected chi connectivity index (χ3v) is 4.68. The normalized spacial score (nSPS) is 12.6. The molecule has 2 N–H and O–H groups in total. The lowest BCUT2D eigenvalue weighted by Crippen LogP contribution is -2.30. The van der Waals surface area contributed by atoms with Crippen LogP contribution in [0.15, 0.2) is 53.1 Å². The van der Waals surface area contributed by atoms with Crippen molar-refractivity contribution in [2.45, 2.75) is 26.6 Å². The van der Waals surface area contributed by atoms with Gasteiger partial charge in [-0.05, 0) is 54.4 Å². The second-order valence-corrected chi connectivity index (χ2v) is 6.89. The van der Waals surface area contributed by atoms with Crippen LogP contribution in [0.5, 0.6) is 0 Å². The number of fused-ring (bicyclic) bond motifs is 1. The predicted octanol–water partition coefficient (Wildman–Crippen LogP) is 3.60. The number of anilines is 1. The monoisotopic (exact) mass is 394 g/mol. The van der Waals surface area contributed by atoms with Crippen LogP contribution in [0.3, 0.4) is 0 Å². The highest BCUT2D eigenvalue weighted by atomic mass is 19.1. The molecule has 0 saturated heterocycles. The maximum absolute atomic E-state index is 13.3. The molecule has 0 aliphatic carbocycles. The number of benzene rings is 2. The fourth-order valence-electron chi connectivity index (χ4n) is 3.19. The van der Waals surface area contributed by atoms with Crippen molar-refractivity contribution in [3.8, 4) is 0 Å². The van der Waals surface area contributed by atoms with E-state index < -0.39 is 0 Å². The van der Waals surface area contributed by atoms with Crippen LogP contribution in [0, 0.1) is 12.7 Å². The molecule has 2 aromatic carbocycles. The molecule has 0 unspecified atom stereocenters. The number of carbonyl (C=O) groups excluding carboxylic acids is 2. The van der Waals surface area contributed by atoms with Crippen molar-refractivity contribution in [3.05, 3.63) is 82.5 Å². The molecule has 1 aromatic heterocycles. The number of aryl methyl sites for hydroxylation is 1. The fourth-order valence-corrected chi connectivity index (χ4v) is 3.19. The van der Waals surface area contributed by atoms with E-state index in [0.29, 0.717) is 35.8 Å². The van der Waals surface area contributed by atoms with Gasteiger partial charge in [0.2, 0.25) is 0 Å².